The van der Waals surface area contributed by atoms with Gasteiger partial charge in [0.15, 0.2) is 5.82 Å². The normalized spacial score (nSPS) is 16.1. The smallest absolute Gasteiger partial charge is 0.260 e. The van der Waals surface area contributed by atoms with Crippen LogP contribution in [0.2, 0.25) is 0 Å². The summed E-state index contributed by atoms with van der Waals surface area (Å²) >= 11 is 1.20. The second-order valence-electron chi connectivity index (χ2n) is 7.86. The monoisotopic (exact) mass is 432 g/mol. The van der Waals surface area contributed by atoms with Gasteiger partial charge >= 0.3 is 0 Å². The van der Waals surface area contributed by atoms with E-state index in [1.165, 1.54) is 24.8 Å². The molecule has 0 bridgehead atoms. The number of carbonyl (C=O) groups is 1. The molecule has 2 heterocycles. The van der Waals surface area contributed by atoms with Gasteiger partial charge < -0.3 is 15.1 Å². The van der Waals surface area contributed by atoms with Crippen molar-refractivity contribution >= 4 is 46.7 Å². The maximum Gasteiger partial charge on any atom is 0.260 e. The van der Waals surface area contributed by atoms with E-state index in [9.17, 15) is 4.79 Å². The van der Waals surface area contributed by atoms with Crippen LogP contribution in [0.25, 0.3) is 0 Å². The second kappa shape index (κ2) is 8.20. The van der Waals surface area contributed by atoms with Gasteiger partial charge in [-0.25, -0.2) is 4.98 Å². The molecule has 1 saturated carbocycles. The summed E-state index contributed by atoms with van der Waals surface area (Å²) in [5.41, 5.74) is 3.18. The Balaban J connectivity index is 1.62. The van der Waals surface area contributed by atoms with Crippen LogP contribution in [-0.4, -0.2) is 29.0 Å². The predicted octanol–water partition coefficient (Wildman–Crippen LogP) is 4.86. The number of amides is 1. The Kier molecular flexibility index (Phi) is 5.25. The van der Waals surface area contributed by atoms with Gasteiger partial charge in [-0.3, -0.25) is 9.93 Å². The molecule has 2 aromatic carbocycles. The summed E-state index contributed by atoms with van der Waals surface area (Å²) in [4.78, 5) is 27.5. The van der Waals surface area contributed by atoms with E-state index in [1.54, 1.807) is 18.1 Å². The summed E-state index contributed by atoms with van der Waals surface area (Å²) in [5.74, 6) is 1.20. The van der Waals surface area contributed by atoms with Crippen LogP contribution in [0.4, 0.5) is 28.8 Å². The Hall–Kier alpha value is -3.10. The van der Waals surface area contributed by atoms with E-state index in [4.69, 9.17) is 10.1 Å². The number of aromatic nitrogens is 2. The molecule has 1 aromatic heterocycles. The summed E-state index contributed by atoms with van der Waals surface area (Å²) in [6.07, 6.45) is 6.25. The van der Waals surface area contributed by atoms with E-state index in [0.717, 1.165) is 34.9 Å². The van der Waals surface area contributed by atoms with Gasteiger partial charge in [-0.05, 0) is 55.1 Å². The molecule has 8 heteroatoms. The molecule has 158 valence electrons. The predicted molar refractivity (Wildman–Crippen MR) is 125 cm³/mol. The van der Waals surface area contributed by atoms with Crippen LogP contribution in [0.3, 0.4) is 0 Å². The van der Waals surface area contributed by atoms with Crippen molar-refractivity contribution < 1.29 is 4.79 Å². The average molecular weight is 433 g/mol. The number of nitrogens with zero attached hydrogens (tertiary/aromatic N) is 4. The Morgan fingerprint density at radius 3 is 2.71 bits per heavy atom. The van der Waals surface area contributed by atoms with Gasteiger partial charge in [0.05, 0.1) is 17.4 Å². The highest BCUT2D eigenvalue weighted by Crippen LogP contribution is 2.43. The van der Waals surface area contributed by atoms with E-state index in [2.05, 4.69) is 15.2 Å². The molecule has 5 rings (SSSR count). The summed E-state index contributed by atoms with van der Waals surface area (Å²) in [6, 6.07) is 15.9. The van der Waals surface area contributed by atoms with Gasteiger partial charge in [0, 0.05) is 23.7 Å². The lowest BCUT2D eigenvalue weighted by Crippen LogP contribution is -2.30. The van der Waals surface area contributed by atoms with Gasteiger partial charge in [0.2, 0.25) is 5.95 Å². The van der Waals surface area contributed by atoms with E-state index in [-0.39, 0.29) is 5.91 Å². The number of rotatable bonds is 4. The third kappa shape index (κ3) is 3.62. The lowest BCUT2D eigenvalue weighted by atomic mass is 10.1. The first-order valence-corrected chi connectivity index (χ1v) is 11.3. The van der Waals surface area contributed by atoms with Crippen molar-refractivity contribution in [2.75, 3.05) is 22.2 Å². The maximum atomic E-state index is 13.2. The molecular formula is C23H24N6OS. The minimum absolute atomic E-state index is 0.0469. The Labute approximate surface area is 185 Å². The zero-order valence-electron chi connectivity index (χ0n) is 17.3. The lowest BCUT2D eigenvalue weighted by molar-refractivity contribution is 0.0994. The minimum atomic E-state index is -0.0469. The van der Waals surface area contributed by atoms with Crippen LogP contribution in [0.15, 0.2) is 59.6 Å². The largest absolute Gasteiger partial charge is 0.324 e. The highest BCUT2D eigenvalue weighted by atomic mass is 32.2. The fraction of sp³-hybridized carbons (Fsp3) is 0.261. The number of para-hydroxylation sites is 1. The quantitative estimate of drug-likeness (QED) is 0.570. The summed E-state index contributed by atoms with van der Waals surface area (Å²) in [5, 5.41) is 8.98. The number of fused-ring (bicyclic) bond motifs is 2. The van der Waals surface area contributed by atoms with Crippen LogP contribution >= 0.6 is 11.9 Å². The molecule has 0 unspecified atom stereocenters. The standard InChI is InChI=1S/C23H24N6OS/c1-28-20-14-25-23(26-15-7-6-10-17(13-15)31-24)27-21(20)29(16-8-2-3-9-16)19-12-5-4-11-18(19)22(28)30/h4-7,10-14,16H,2-3,8-9,24H2,1H3,(H,25,26,27). The molecule has 0 atom stereocenters. The van der Waals surface area contributed by atoms with Crippen molar-refractivity contribution in [1.29, 1.82) is 0 Å². The molecule has 1 fully saturated rings. The number of hydrogen-bond acceptors (Lipinski definition) is 7. The Morgan fingerprint density at radius 2 is 1.90 bits per heavy atom. The number of nitrogens with two attached hydrogens (primary N) is 1. The topological polar surface area (TPSA) is 87.4 Å². The van der Waals surface area contributed by atoms with E-state index >= 15 is 0 Å². The zero-order chi connectivity index (χ0) is 21.4. The lowest BCUT2D eigenvalue weighted by Gasteiger charge is -2.31. The fourth-order valence-electron chi connectivity index (χ4n) is 4.42. The first kappa shape index (κ1) is 19.8. The van der Waals surface area contributed by atoms with Gasteiger partial charge in [0.25, 0.3) is 5.91 Å². The molecular weight excluding hydrogens is 408 g/mol. The van der Waals surface area contributed by atoms with Gasteiger partial charge in [-0.15, -0.1) is 0 Å². The molecule has 1 aliphatic heterocycles. The number of nitrogens with one attached hydrogen (secondary N) is 1. The fourth-order valence-corrected chi connectivity index (χ4v) is 4.77. The Morgan fingerprint density at radius 1 is 1.10 bits per heavy atom. The van der Waals surface area contributed by atoms with E-state index in [1.807, 2.05) is 48.5 Å². The average Bonchev–Trinajstić information content (AvgIpc) is 3.31. The van der Waals surface area contributed by atoms with Crippen molar-refractivity contribution in [3.63, 3.8) is 0 Å². The molecule has 0 radical (unpaired) electrons. The van der Waals surface area contributed by atoms with Gasteiger partial charge in [0.1, 0.15) is 5.69 Å². The third-order valence-electron chi connectivity index (χ3n) is 5.95. The zero-order valence-corrected chi connectivity index (χ0v) is 18.1. The van der Waals surface area contributed by atoms with Crippen LogP contribution in [-0.2, 0) is 0 Å². The van der Waals surface area contributed by atoms with Crippen LogP contribution in [0.5, 0.6) is 0 Å². The Bertz CT molecular complexity index is 1130. The summed E-state index contributed by atoms with van der Waals surface area (Å²) in [7, 11) is 1.79. The first-order valence-electron chi connectivity index (χ1n) is 10.4. The third-order valence-corrected chi connectivity index (χ3v) is 6.48. The van der Waals surface area contributed by atoms with Crippen LogP contribution in [0.1, 0.15) is 36.0 Å². The summed E-state index contributed by atoms with van der Waals surface area (Å²) < 4.78 is 0. The number of benzene rings is 2. The molecule has 0 saturated heterocycles. The van der Waals surface area contributed by atoms with E-state index < -0.39 is 0 Å². The van der Waals surface area contributed by atoms with Crippen LogP contribution < -0.4 is 20.3 Å². The molecule has 31 heavy (non-hydrogen) atoms. The van der Waals surface area contributed by atoms with Gasteiger partial charge in [-0.1, -0.05) is 31.0 Å². The van der Waals surface area contributed by atoms with Crippen molar-refractivity contribution in [3.05, 3.63) is 60.3 Å². The molecule has 0 spiro atoms. The molecule has 7 nitrogen and oxygen atoms in total. The molecule has 2 aliphatic rings. The van der Waals surface area contributed by atoms with Crippen molar-refractivity contribution in [1.82, 2.24) is 9.97 Å². The van der Waals surface area contributed by atoms with Crippen LogP contribution in [0, 0.1) is 0 Å². The van der Waals surface area contributed by atoms with Crippen molar-refractivity contribution in [2.45, 2.75) is 36.6 Å². The molecule has 3 aromatic rings. The number of carbonyl (C=O) groups excluding carboxylic acids is 1. The second-order valence-corrected chi connectivity index (χ2v) is 8.57. The maximum absolute atomic E-state index is 13.2. The number of anilines is 5. The van der Waals surface area contributed by atoms with E-state index in [0.29, 0.717) is 23.2 Å². The molecule has 1 aliphatic carbocycles. The first-order chi connectivity index (χ1) is 15.2. The molecule has 1 amide bonds. The van der Waals surface area contributed by atoms with Crippen molar-refractivity contribution in [3.8, 4) is 0 Å². The van der Waals surface area contributed by atoms with Crippen molar-refractivity contribution in [2.24, 2.45) is 5.14 Å². The highest BCUT2D eigenvalue weighted by Gasteiger charge is 2.35. The number of hydrogen-bond donors (Lipinski definition) is 2. The molecule has 3 N–H and O–H groups in total. The highest BCUT2D eigenvalue weighted by molar-refractivity contribution is 7.97. The summed E-state index contributed by atoms with van der Waals surface area (Å²) in [6.45, 7) is 0. The van der Waals surface area contributed by atoms with Gasteiger partial charge in [-0.2, -0.15) is 4.98 Å². The SMILES string of the molecule is CN1C(=O)c2ccccc2N(C2CCCC2)c2nc(Nc3cccc(SN)c3)ncc21. The minimum Gasteiger partial charge on any atom is -0.324 e.